The van der Waals surface area contributed by atoms with Crippen LogP contribution in [0.5, 0.6) is 0 Å². The van der Waals surface area contributed by atoms with Gasteiger partial charge in [-0.05, 0) is 37.4 Å². The second-order valence-electron chi connectivity index (χ2n) is 4.53. The van der Waals surface area contributed by atoms with Crippen LogP contribution in [0.4, 0.5) is 0 Å². The lowest BCUT2D eigenvalue weighted by molar-refractivity contribution is 0.153. The number of nitrogens with zero attached hydrogens (tertiary/aromatic N) is 1. The summed E-state index contributed by atoms with van der Waals surface area (Å²) in [7, 11) is 0. The fraction of sp³-hybridized carbons (Fsp3) is 0.429. The van der Waals surface area contributed by atoms with Gasteiger partial charge in [-0.15, -0.1) is 0 Å². The number of aryl methyl sites for hydroxylation is 2. The first-order valence-corrected chi connectivity index (χ1v) is 5.70. The molecular formula is C14H19N. The highest BCUT2D eigenvalue weighted by molar-refractivity contribution is 5.21. The summed E-state index contributed by atoms with van der Waals surface area (Å²) in [5, 5.41) is 0. The Hall–Kier alpha value is -1.24. The third-order valence-corrected chi connectivity index (χ3v) is 3.21. The van der Waals surface area contributed by atoms with E-state index in [0.29, 0.717) is 0 Å². The average Bonchev–Trinajstić information content (AvgIpc) is 2.19. The minimum absolute atomic E-state index is 0.879. The van der Waals surface area contributed by atoms with E-state index in [9.17, 15) is 0 Å². The molecule has 1 heterocycles. The van der Waals surface area contributed by atoms with Crippen LogP contribution < -0.4 is 0 Å². The zero-order valence-electron chi connectivity index (χ0n) is 9.45. The Labute approximate surface area is 92.4 Å². The fourth-order valence-electron chi connectivity index (χ4n) is 2.07. The molecule has 0 spiro atoms. The van der Waals surface area contributed by atoms with Crippen LogP contribution in [0.1, 0.15) is 17.5 Å². The molecule has 80 valence electrons. The van der Waals surface area contributed by atoms with Crippen molar-refractivity contribution in [3.05, 3.63) is 48.2 Å². The van der Waals surface area contributed by atoms with Gasteiger partial charge in [0.1, 0.15) is 0 Å². The third kappa shape index (κ3) is 2.62. The van der Waals surface area contributed by atoms with E-state index in [1.54, 1.807) is 0 Å². The van der Waals surface area contributed by atoms with Gasteiger partial charge in [0.05, 0.1) is 0 Å². The van der Waals surface area contributed by atoms with Crippen LogP contribution in [0, 0.1) is 12.8 Å². The molecule has 0 atom stereocenters. The Morgan fingerprint density at radius 3 is 2.60 bits per heavy atom. The number of hydrogen-bond donors (Lipinski definition) is 0. The van der Waals surface area contributed by atoms with Gasteiger partial charge in [-0.1, -0.05) is 36.4 Å². The van der Waals surface area contributed by atoms with Crippen LogP contribution in [0.15, 0.2) is 37.0 Å². The zero-order chi connectivity index (χ0) is 10.7. The van der Waals surface area contributed by atoms with Gasteiger partial charge in [0.25, 0.3) is 0 Å². The summed E-state index contributed by atoms with van der Waals surface area (Å²) >= 11 is 0. The Kier molecular flexibility index (Phi) is 3.10. The van der Waals surface area contributed by atoms with Crippen LogP contribution in [0.2, 0.25) is 0 Å². The molecule has 1 aromatic rings. The van der Waals surface area contributed by atoms with Crippen LogP contribution in [-0.4, -0.2) is 18.0 Å². The molecule has 1 fully saturated rings. The summed E-state index contributed by atoms with van der Waals surface area (Å²) in [6.45, 7) is 8.32. The van der Waals surface area contributed by atoms with Crippen molar-refractivity contribution >= 4 is 0 Å². The molecule has 1 nitrogen and oxygen atoms in total. The maximum absolute atomic E-state index is 3.77. The van der Waals surface area contributed by atoms with Crippen molar-refractivity contribution in [2.24, 2.45) is 5.92 Å². The second kappa shape index (κ2) is 4.52. The molecule has 0 aliphatic carbocycles. The van der Waals surface area contributed by atoms with E-state index < -0.39 is 0 Å². The Morgan fingerprint density at radius 2 is 2.00 bits per heavy atom. The lowest BCUT2D eigenvalue weighted by Crippen LogP contribution is -2.42. The number of rotatable bonds is 4. The molecule has 0 N–H and O–H groups in total. The van der Waals surface area contributed by atoms with Crippen molar-refractivity contribution in [1.82, 2.24) is 4.90 Å². The zero-order valence-corrected chi connectivity index (χ0v) is 9.45. The monoisotopic (exact) mass is 201 g/mol. The van der Waals surface area contributed by atoms with Gasteiger partial charge >= 0.3 is 0 Å². The van der Waals surface area contributed by atoms with Crippen LogP contribution in [0.3, 0.4) is 0 Å². The largest absolute Gasteiger partial charge is 0.377 e. The van der Waals surface area contributed by atoms with Gasteiger partial charge < -0.3 is 4.90 Å². The minimum Gasteiger partial charge on any atom is -0.377 e. The van der Waals surface area contributed by atoms with Gasteiger partial charge in [-0.25, -0.2) is 0 Å². The van der Waals surface area contributed by atoms with Gasteiger partial charge in [0.15, 0.2) is 0 Å². The summed E-state index contributed by atoms with van der Waals surface area (Å²) < 4.78 is 0. The Bertz CT molecular complexity index is 320. The SMILES string of the molecule is C=CN1CC(CCc2ccc(C)cc2)C1. The second-order valence-corrected chi connectivity index (χ2v) is 4.53. The standard InChI is InChI=1S/C14H19N/c1-3-15-10-14(11-15)9-8-13-6-4-12(2)5-7-13/h3-7,14H,1,8-11H2,2H3. The number of hydrogen-bond acceptors (Lipinski definition) is 1. The molecule has 0 amide bonds. The molecule has 1 aromatic carbocycles. The molecular weight excluding hydrogens is 182 g/mol. The molecule has 15 heavy (non-hydrogen) atoms. The number of likely N-dealkylation sites (tertiary alicyclic amines) is 1. The molecule has 0 unspecified atom stereocenters. The summed E-state index contributed by atoms with van der Waals surface area (Å²) in [6.07, 6.45) is 4.48. The maximum Gasteiger partial charge on any atom is 0.0217 e. The lowest BCUT2D eigenvalue weighted by atomic mass is 9.93. The third-order valence-electron chi connectivity index (χ3n) is 3.21. The van der Waals surface area contributed by atoms with E-state index in [4.69, 9.17) is 0 Å². The fourth-order valence-corrected chi connectivity index (χ4v) is 2.07. The maximum atomic E-state index is 3.77. The Morgan fingerprint density at radius 1 is 1.33 bits per heavy atom. The average molecular weight is 201 g/mol. The van der Waals surface area contributed by atoms with Crippen molar-refractivity contribution in [2.45, 2.75) is 19.8 Å². The quantitative estimate of drug-likeness (QED) is 0.724. The highest BCUT2D eigenvalue weighted by Gasteiger charge is 2.22. The molecule has 0 saturated carbocycles. The number of benzene rings is 1. The summed E-state index contributed by atoms with van der Waals surface area (Å²) in [5.74, 6) is 0.879. The first-order valence-electron chi connectivity index (χ1n) is 5.70. The van der Waals surface area contributed by atoms with Gasteiger partial charge in [-0.3, -0.25) is 0 Å². The van der Waals surface area contributed by atoms with Gasteiger partial charge in [-0.2, -0.15) is 0 Å². The molecule has 1 aliphatic rings. The highest BCUT2D eigenvalue weighted by Crippen LogP contribution is 2.21. The first-order chi connectivity index (χ1) is 7.28. The normalized spacial score (nSPS) is 16.2. The van der Waals surface area contributed by atoms with Crippen LogP contribution >= 0.6 is 0 Å². The van der Waals surface area contributed by atoms with Crippen molar-refractivity contribution < 1.29 is 0 Å². The van der Waals surface area contributed by atoms with Crippen molar-refractivity contribution in [1.29, 1.82) is 0 Å². The van der Waals surface area contributed by atoms with E-state index in [-0.39, 0.29) is 0 Å². The van der Waals surface area contributed by atoms with Crippen LogP contribution in [0.25, 0.3) is 0 Å². The van der Waals surface area contributed by atoms with E-state index in [0.717, 1.165) is 5.92 Å². The molecule has 1 aliphatic heterocycles. The van der Waals surface area contributed by atoms with E-state index in [1.165, 1.54) is 37.1 Å². The summed E-state index contributed by atoms with van der Waals surface area (Å²) in [6, 6.07) is 8.90. The highest BCUT2D eigenvalue weighted by atomic mass is 15.2. The summed E-state index contributed by atoms with van der Waals surface area (Å²) in [5.41, 5.74) is 2.82. The van der Waals surface area contributed by atoms with Crippen molar-refractivity contribution in [3.63, 3.8) is 0 Å². The summed E-state index contributed by atoms with van der Waals surface area (Å²) in [4.78, 5) is 2.28. The van der Waals surface area contributed by atoms with Crippen LogP contribution in [-0.2, 0) is 6.42 Å². The first kappa shape index (κ1) is 10.3. The molecule has 0 aromatic heterocycles. The topological polar surface area (TPSA) is 3.24 Å². The van der Waals surface area contributed by atoms with E-state index >= 15 is 0 Å². The molecule has 1 saturated heterocycles. The molecule has 0 bridgehead atoms. The molecule has 0 radical (unpaired) electrons. The smallest absolute Gasteiger partial charge is 0.0217 e. The van der Waals surface area contributed by atoms with Crippen molar-refractivity contribution in [3.8, 4) is 0 Å². The minimum atomic E-state index is 0.879. The van der Waals surface area contributed by atoms with E-state index in [1.807, 2.05) is 6.20 Å². The van der Waals surface area contributed by atoms with E-state index in [2.05, 4.69) is 42.7 Å². The molecule has 2 rings (SSSR count). The predicted molar refractivity (Wildman–Crippen MR) is 64.8 cm³/mol. The van der Waals surface area contributed by atoms with Gasteiger partial charge in [0.2, 0.25) is 0 Å². The van der Waals surface area contributed by atoms with Crippen molar-refractivity contribution in [2.75, 3.05) is 13.1 Å². The van der Waals surface area contributed by atoms with Gasteiger partial charge in [0, 0.05) is 13.1 Å². The Balaban J connectivity index is 1.75. The molecule has 1 heteroatoms. The lowest BCUT2D eigenvalue weighted by Gasteiger charge is -2.38. The predicted octanol–water partition coefficient (Wildman–Crippen LogP) is 3.00.